The minimum Gasteiger partial charge on any atom is -0.358 e. The molecule has 4 rings (SSSR count). The second kappa shape index (κ2) is 5.19. The Bertz CT molecular complexity index is 762. The van der Waals surface area contributed by atoms with Gasteiger partial charge in [0.05, 0.1) is 17.4 Å². The first-order chi connectivity index (χ1) is 10.3. The van der Waals surface area contributed by atoms with Crippen LogP contribution in [0.1, 0.15) is 30.5 Å². The van der Waals surface area contributed by atoms with E-state index < -0.39 is 0 Å². The van der Waals surface area contributed by atoms with Crippen molar-refractivity contribution < 1.29 is 0 Å². The van der Waals surface area contributed by atoms with Gasteiger partial charge in [0.2, 0.25) is 0 Å². The quantitative estimate of drug-likeness (QED) is 0.773. The number of likely N-dealkylation sites (tertiary alicyclic amines) is 1. The summed E-state index contributed by atoms with van der Waals surface area (Å²) in [5.74, 6) is 0. The number of benzene rings is 1. The summed E-state index contributed by atoms with van der Waals surface area (Å²) in [6.45, 7) is 5.92. The van der Waals surface area contributed by atoms with E-state index in [2.05, 4.69) is 38.9 Å². The van der Waals surface area contributed by atoms with Crippen LogP contribution in [0.15, 0.2) is 18.5 Å². The molecular weight excluding hydrogens is 260 g/mol. The first-order valence-electron chi connectivity index (χ1n) is 7.98. The Balaban J connectivity index is 1.64. The van der Waals surface area contributed by atoms with Crippen LogP contribution in [0.4, 0.5) is 0 Å². The molecule has 4 heteroatoms. The molecule has 1 aliphatic heterocycles. The molecule has 110 valence electrons. The van der Waals surface area contributed by atoms with Crippen molar-refractivity contribution >= 4 is 21.9 Å². The van der Waals surface area contributed by atoms with Crippen LogP contribution in [0, 0.1) is 6.92 Å². The molecule has 0 amide bonds. The van der Waals surface area contributed by atoms with Gasteiger partial charge in [0.15, 0.2) is 0 Å². The Hall–Kier alpha value is -1.81. The molecule has 21 heavy (non-hydrogen) atoms. The smallest absolute Gasteiger partial charge is 0.0979 e. The lowest BCUT2D eigenvalue weighted by molar-refractivity contribution is 0.231. The lowest BCUT2D eigenvalue weighted by Crippen LogP contribution is -2.31. The number of imidazole rings is 1. The highest BCUT2D eigenvalue weighted by atomic mass is 15.1. The second-order valence-electron chi connectivity index (χ2n) is 6.17. The maximum Gasteiger partial charge on any atom is 0.0979 e. The molecule has 0 atom stereocenters. The van der Waals surface area contributed by atoms with E-state index in [1.54, 1.807) is 6.33 Å². The minimum absolute atomic E-state index is 1.09. The lowest BCUT2D eigenvalue weighted by Gasteiger charge is -2.26. The number of H-pyrrole nitrogens is 2. The van der Waals surface area contributed by atoms with E-state index in [1.165, 1.54) is 54.5 Å². The van der Waals surface area contributed by atoms with Gasteiger partial charge in [-0.2, -0.15) is 0 Å². The van der Waals surface area contributed by atoms with Crippen molar-refractivity contribution in [3.63, 3.8) is 0 Å². The molecule has 3 aromatic rings. The number of hydrogen-bond donors (Lipinski definition) is 2. The SMILES string of the molecule is Cc1c(CCN2CCCCC2)[nH]c2ccc3[nH]cnc3c12. The molecule has 2 N–H and O–H groups in total. The van der Waals surface area contributed by atoms with Gasteiger partial charge in [-0.3, -0.25) is 0 Å². The van der Waals surface area contributed by atoms with E-state index in [-0.39, 0.29) is 0 Å². The predicted molar refractivity (Wildman–Crippen MR) is 86.7 cm³/mol. The molecule has 0 spiro atoms. The number of hydrogen-bond acceptors (Lipinski definition) is 2. The Morgan fingerprint density at radius 1 is 1.14 bits per heavy atom. The standard InChI is InChI=1S/C17H22N4/c1-12-13(7-10-21-8-3-2-4-9-21)20-14-5-6-15-17(16(12)14)19-11-18-15/h5-6,11,20H,2-4,7-10H2,1H3,(H,18,19). The maximum absolute atomic E-state index is 4.49. The zero-order valence-corrected chi connectivity index (χ0v) is 12.6. The van der Waals surface area contributed by atoms with Gasteiger partial charge in [0, 0.05) is 29.6 Å². The number of nitrogens with one attached hydrogen (secondary N) is 2. The van der Waals surface area contributed by atoms with Crippen LogP contribution in [0.25, 0.3) is 21.9 Å². The topological polar surface area (TPSA) is 47.7 Å². The van der Waals surface area contributed by atoms with E-state index in [1.807, 2.05) is 0 Å². The van der Waals surface area contributed by atoms with E-state index in [4.69, 9.17) is 0 Å². The van der Waals surface area contributed by atoms with Gasteiger partial charge >= 0.3 is 0 Å². The molecular formula is C17H22N4. The third-order valence-corrected chi connectivity index (χ3v) is 4.83. The van der Waals surface area contributed by atoms with Crippen molar-refractivity contribution in [3.8, 4) is 0 Å². The number of aromatic amines is 2. The van der Waals surface area contributed by atoms with E-state index >= 15 is 0 Å². The van der Waals surface area contributed by atoms with Crippen LogP contribution in [0.2, 0.25) is 0 Å². The van der Waals surface area contributed by atoms with Gasteiger partial charge in [-0.05, 0) is 50.6 Å². The highest BCUT2D eigenvalue weighted by molar-refractivity contribution is 6.05. The van der Waals surface area contributed by atoms with E-state index in [0.717, 1.165) is 24.0 Å². The van der Waals surface area contributed by atoms with Crippen molar-refractivity contribution in [3.05, 3.63) is 29.7 Å². The summed E-state index contributed by atoms with van der Waals surface area (Å²) < 4.78 is 0. The van der Waals surface area contributed by atoms with Gasteiger partial charge in [-0.1, -0.05) is 6.42 Å². The predicted octanol–water partition coefficient (Wildman–Crippen LogP) is 3.38. The lowest BCUT2D eigenvalue weighted by atomic mass is 10.1. The summed E-state index contributed by atoms with van der Waals surface area (Å²) in [5.41, 5.74) is 6.14. The van der Waals surface area contributed by atoms with E-state index in [0.29, 0.717) is 0 Å². The summed E-state index contributed by atoms with van der Waals surface area (Å²) in [5, 5.41) is 1.28. The van der Waals surface area contributed by atoms with Crippen LogP contribution in [0.3, 0.4) is 0 Å². The average Bonchev–Trinajstić information content (AvgIpc) is 3.10. The molecule has 0 unspecified atom stereocenters. The number of rotatable bonds is 3. The first kappa shape index (κ1) is 12.9. The highest BCUT2D eigenvalue weighted by Crippen LogP contribution is 2.28. The van der Waals surface area contributed by atoms with Crippen molar-refractivity contribution in [2.75, 3.05) is 19.6 Å². The molecule has 4 nitrogen and oxygen atoms in total. The number of nitrogens with zero attached hydrogens (tertiary/aromatic N) is 2. The van der Waals surface area contributed by atoms with Crippen LogP contribution in [0.5, 0.6) is 0 Å². The zero-order valence-electron chi connectivity index (χ0n) is 12.6. The molecule has 1 fully saturated rings. The summed E-state index contributed by atoms with van der Waals surface area (Å²) in [4.78, 5) is 13.9. The van der Waals surface area contributed by atoms with Gasteiger partial charge in [0.1, 0.15) is 0 Å². The molecule has 0 bridgehead atoms. The molecule has 2 aromatic heterocycles. The first-order valence-corrected chi connectivity index (χ1v) is 7.98. The Labute approximate surface area is 124 Å². The number of aromatic nitrogens is 3. The molecule has 3 heterocycles. The maximum atomic E-state index is 4.49. The molecule has 0 saturated carbocycles. The molecule has 0 radical (unpaired) electrons. The number of piperidine rings is 1. The molecule has 0 aliphatic carbocycles. The molecule has 1 saturated heterocycles. The third kappa shape index (κ3) is 2.23. The third-order valence-electron chi connectivity index (χ3n) is 4.83. The average molecular weight is 282 g/mol. The van der Waals surface area contributed by atoms with Crippen LogP contribution < -0.4 is 0 Å². The molecule has 1 aromatic carbocycles. The summed E-state index contributed by atoms with van der Waals surface area (Å²) in [6, 6.07) is 4.27. The Morgan fingerprint density at radius 3 is 2.81 bits per heavy atom. The fourth-order valence-electron chi connectivity index (χ4n) is 3.60. The van der Waals surface area contributed by atoms with Crippen molar-refractivity contribution in [1.82, 2.24) is 19.9 Å². The summed E-state index contributed by atoms with van der Waals surface area (Å²) >= 11 is 0. The fourth-order valence-corrected chi connectivity index (χ4v) is 3.60. The van der Waals surface area contributed by atoms with Crippen LogP contribution >= 0.6 is 0 Å². The largest absolute Gasteiger partial charge is 0.358 e. The van der Waals surface area contributed by atoms with Gasteiger partial charge < -0.3 is 14.9 Å². The second-order valence-corrected chi connectivity index (χ2v) is 6.17. The monoisotopic (exact) mass is 282 g/mol. The Kier molecular flexibility index (Phi) is 3.19. The minimum atomic E-state index is 1.09. The normalized spacial score (nSPS) is 17.0. The van der Waals surface area contributed by atoms with Gasteiger partial charge in [0.25, 0.3) is 0 Å². The zero-order chi connectivity index (χ0) is 14.2. The number of fused-ring (bicyclic) bond motifs is 3. The van der Waals surface area contributed by atoms with Crippen molar-refractivity contribution in [2.24, 2.45) is 0 Å². The van der Waals surface area contributed by atoms with E-state index in [9.17, 15) is 0 Å². The van der Waals surface area contributed by atoms with Crippen LogP contribution in [-0.4, -0.2) is 39.5 Å². The number of aryl methyl sites for hydroxylation is 1. The van der Waals surface area contributed by atoms with Crippen molar-refractivity contribution in [2.45, 2.75) is 32.6 Å². The van der Waals surface area contributed by atoms with Gasteiger partial charge in [-0.25, -0.2) is 4.98 Å². The Morgan fingerprint density at radius 2 is 1.95 bits per heavy atom. The molecule has 1 aliphatic rings. The summed E-state index contributed by atoms with van der Waals surface area (Å²) in [6.07, 6.45) is 7.01. The highest BCUT2D eigenvalue weighted by Gasteiger charge is 2.14. The van der Waals surface area contributed by atoms with Crippen molar-refractivity contribution in [1.29, 1.82) is 0 Å². The van der Waals surface area contributed by atoms with Crippen LogP contribution in [-0.2, 0) is 6.42 Å². The summed E-state index contributed by atoms with van der Waals surface area (Å²) in [7, 11) is 0. The fraction of sp³-hybridized carbons (Fsp3) is 0.471. The van der Waals surface area contributed by atoms with Gasteiger partial charge in [-0.15, -0.1) is 0 Å².